The van der Waals surface area contributed by atoms with Gasteiger partial charge in [-0.2, -0.15) is 0 Å². The van der Waals surface area contributed by atoms with Crippen molar-refractivity contribution in [3.63, 3.8) is 0 Å². The van der Waals surface area contributed by atoms with Gasteiger partial charge in [-0.05, 0) is 37.4 Å². The zero-order chi connectivity index (χ0) is 12.2. The molecule has 0 N–H and O–H groups in total. The number of rotatable bonds is 7. The summed E-state index contributed by atoms with van der Waals surface area (Å²) in [5, 5.41) is 3.14. The van der Waals surface area contributed by atoms with Crippen LogP contribution in [0.5, 0.6) is 0 Å². The van der Waals surface area contributed by atoms with Gasteiger partial charge in [0.25, 0.3) is 0 Å². The minimum Gasteiger partial charge on any atom is -0.353 e. The van der Waals surface area contributed by atoms with E-state index < -0.39 is 0 Å². The van der Waals surface area contributed by atoms with Gasteiger partial charge < -0.3 is 9.47 Å². The Kier molecular flexibility index (Phi) is 9.59. The maximum absolute atomic E-state index is 5.63. The van der Waals surface area contributed by atoms with Crippen molar-refractivity contribution in [2.45, 2.75) is 58.2 Å². The molecule has 0 saturated carbocycles. The van der Waals surface area contributed by atoms with Gasteiger partial charge in [0.2, 0.25) is 0 Å². The summed E-state index contributed by atoms with van der Waals surface area (Å²) < 4.78 is 11.1. The van der Waals surface area contributed by atoms with Gasteiger partial charge in [0.05, 0.1) is 6.61 Å². The molecule has 0 aliphatic carbocycles. The normalized spacial score (nSPS) is 19.7. The third-order valence-electron chi connectivity index (χ3n) is 2.63. The van der Waals surface area contributed by atoms with Crippen LogP contribution in [0.25, 0.3) is 0 Å². The summed E-state index contributed by atoms with van der Waals surface area (Å²) >= 11 is 1.74. The molecule has 1 heterocycles. The second-order valence-corrected chi connectivity index (χ2v) is 5.15. The van der Waals surface area contributed by atoms with E-state index in [2.05, 4.69) is 18.1 Å². The average Bonchev–Trinajstić information content (AvgIpc) is 2.38. The predicted molar refractivity (Wildman–Crippen MR) is 73.9 cm³/mol. The lowest BCUT2D eigenvalue weighted by Gasteiger charge is -2.22. The Morgan fingerprint density at radius 2 is 2.29 bits per heavy atom. The summed E-state index contributed by atoms with van der Waals surface area (Å²) in [5.41, 5.74) is 0. The van der Waals surface area contributed by atoms with Crippen molar-refractivity contribution in [2.75, 3.05) is 19.0 Å². The number of hydrogen-bond donors (Lipinski definition) is 0. The van der Waals surface area contributed by atoms with Crippen LogP contribution in [0, 0.1) is 11.2 Å². The third kappa shape index (κ3) is 8.54. The summed E-state index contributed by atoms with van der Waals surface area (Å²) in [6.45, 7) is 3.84. The van der Waals surface area contributed by atoms with Crippen LogP contribution >= 0.6 is 11.8 Å². The molecule has 0 aromatic rings. The molecule has 1 unspecified atom stereocenters. The van der Waals surface area contributed by atoms with Crippen LogP contribution in [-0.2, 0) is 9.47 Å². The van der Waals surface area contributed by atoms with E-state index in [0.29, 0.717) is 0 Å². The number of hydrogen-bond acceptors (Lipinski definition) is 3. The van der Waals surface area contributed by atoms with Gasteiger partial charge in [-0.25, -0.2) is 0 Å². The summed E-state index contributed by atoms with van der Waals surface area (Å²) in [6.07, 6.45) is 7.99. The Morgan fingerprint density at radius 1 is 1.35 bits per heavy atom. The van der Waals surface area contributed by atoms with Crippen molar-refractivity contribution in [2.24, 2.45) is 0 Å². The first-order chi connectivity index (χ1) is 8.43. The average molecular weight is 256 g/mol. The number of thioether (sulfide) groups is 1. The zero-order valence-corrected chi connectivity index (χ0v) is 11.7. The minimum absolute atomic E-state index is 0.0515. The lowest BCUT2D eigenvalue weighted by molar-refractivity contribution is -0.162. The van der Waals surface area contributed by atoms with Crippen LogP contribution in [0.2, 0.25) is 0 Å². The van der Waals surface area contributed by atoms with Gasteiger partial charge in [-0.1, -0.05) is 31.0 Å². The molecule has 1 aliphatic rings. The molecule has 2 nitrogen and oxygen atoms in total. The largest absolute Gasteiger partial charge is 0.353 e. The Hall–Kier alpha value is -0.170. The first-order valence-electron chi connectivity index (χ1n) is 6.76. The monoisotopic (exact) mass is 256 g/mol. The van der Waals surface area contributed by atoms with Gasteiger partial charge in [0, 0.05) is 18.8 Å². The first kappa shape index (κ1) is 14.9. The predicted octanol–water partition coefficient (Wildman–Crippen LogP) is 3.80. The summed E-state index contributed by atoms with van der Waals surface area (Å²) in [5.74, 6) is 4.34. The molecular weight excluding hydrogens is 232 g/mol. The molecule has 0 amide bonds. The molecule has 1 rings (SSSR count). The molecular formula is C14H24O2S. The fraction of sp³-hybridized carbons (Fsp3) is 0.857. The molecule has 98 valence electrons. The van der Waals surface area contributed by atoms with Crippen LogP contribution in [0.15, 0.2) is 0 Å². The summed E-state index contributed by atoms with van der Waals surface area (Å²) in [7, 11) is 0. The Balaban J connectivity index is 1.86. The molecule has 3 heteroatoms. The lowest BCUT2D eigenvalue weighted by Crippen LogP contribution is -2.22. The molecule has 0 spiro atoms. The highest BCUT2D eigenvalue weighted by atomic mass is 32.2. The summed E-state index contributed by atoms with van der Waals surface area (Å²) in [6, 6.07) is 0. The van der Waals surface area contributed by atoms with Gasteiger partial charge in [-0.15, -0.1) is 0 Å². The summed E-state index contributed by atoms with van der Waals surface area (Å²) in [4.78, 5) is 0. The van der Waals surface area contributed by atoms with E-state index in [4.69, 9.17) is 9.47 Å². The molecule has 0 bridgehead atoms. The number of ether oxygens (including phenoxy) is 2. The molecule has 0 aromatic carbocycles. The quantitative estimate of drug-likeness (QED) is 0.510. The maximum atomic E-state index is 5.63. The van der Waals surface area contributed by atoms with Crippen LogP contribution in [0.3, 0.4) is 0 Å². The third-order valence-corrected chi connectivity index (χ3v) is 3.41. The van der Waals surface area contributed by atoms with E-state index in [9.17, 15) is 0 Å². The van der Waals surface area contributed by atoms with Crippen LogP contribution in [0.1, 0.15) is 51.9 Å². The van der Waals surface area contributed by atoms with Gasteiger partial charge >= 0.3 is 0 Å². The zero-order valence-electron chi connectivity index (χ0n) is 10.9. The van der Waals surface area contributed by atoms with Gasteiger partial charge in [0.15, 0.2) is 6.29 Å². The first-order valence-corrected chi connectivity index (χ1v) is 7.75. The van der Waals surface area contributed by atoms with E-state index in [1.165, 1.54) is 25.7 Å². The fourth-order valence-corrected chi connectivity index (χ4v) is 2.33. The molecule has 0 radical (unpaired) electrons. The van der Waals surface area contributed by atoms with Crippen molar-refractivity contribution in [3.05, 3.63) is 0 Å². The molecule has 0 aromatic heterocycles. The Bertz CT molecular complexity index is 226. The number of unbranched alkanes of at least 4 members (excludes halogenated alkanes) is 2. The van der Waals surface area contributed by atoms with E-state index in [0.717, 1.165) is 38.2 Å². The molecule has 1 fully saturated rings. The van der Waals surface area contributed by atoms with E-state index in [1.807, 2.05) is 0 Å². The van der Waals surface area contributed by atoms with Crippen molar-refractivity contribution in [1.29, 1.82) is 0 Å². The Labute approximate surface area is 110 Å². The van der Waals surface area contributed by atoms with Gasteiger partial charge in [-0.3, -0.25) is 0 Å². The second kappa shape index (κ2) is 11.0. The second-order valence-electron chi connectivity index (χ2n) is 4.25. The van der Waals surface area contributed by atoms with E-state index in [1.54, 1.807) is 11.8 Å². The lowest BCUT2D eigenvalue weighted by atomic mass is 10.2. The van der Waals surface area contributed by atoms with Crippen molar-refractivity contribution in [1.82, 2.24) is 0 Å². The minimum atomic E-state index is 0.0515. The maximum Gasteiger partial charge on any atom is 0.157 e. The van der Waals surface area contributed by atoms with E-state index in [-0.39, 0.29) is 6.29 Å². The van der Waals surface area contributed by atoms with Crippen LogP contribution in [-0.4, -0.2) is 25.3 Å². The highest BCUT2D eigenvalue weighted by Crippen LogP contribution is 2.13. The highest BCUT2D eigenvalue weighted by molar-refractivity contribution is 8.03. The molecule has 1 aliphatic heterocycles. The topological polar surface area (TPSA) is 18.5 Å². The molecule has 1 saturated heterocycles. The van der Waals surface area contributed by atoms with E-state index >= 15 is 0 Å². The van der Waals surface area contributed by atoms with Crippen molar-refractivity contribution >= 4 is 11.8 Å². The standard InChI is InChI=1S/C14H24O2S/c1-2-3-12-17-13-8-4-6-10-15-14-9-5-7-11-16-14/h14H,2-7,9-12H2,1H3. The highest BCUT2D eigenvalue weighted by Gasteiger charge is 2.12. The fourth-order valence-electron chi connectivity index (χ4n) is 1.59. The Morgan fingerprint density at radius 3 is 3.06 bits per heavy atom. The SMILES string of the molecule is CCCCSC#CCCCOC1CCCCO1. The van der Waals surface area contributed by atoms with Crippen molar-refractivity contribution in [3.8, 4) is 11.2 Å². The smallest absolute Gasteiger partial charge is 0.157 e. The molecule has 1 atom stereocenters. The van der Waals surface area contributed by atoms with Crippen LogP contribution in [0.4, 0.5) is 0 Å². The van der Waals surface area contributed by atoms with Crippen LogP contribution < -0.4 is 0 Å². The molecule has 17 heavy (non-hydrogen) atoms. The van der Waals surface area contributed by atoms with Gasteiger partial charge in [0.1, 0.15) is 0 Å². The van der Waals surface area contributed by atoms with Crippen molar-refractivity contribution < 1.29 is 9.47 Å².